The van der Waals surface area contributed by atoms with E-state index in [4.69, 9.17) is 20.6 Å². The van der Waals surface area contributed by atoms with Crippen molar-refractivity contribution in [2.75, 3.05) is 24.8 Å². The van der Waals surface area contributed by atoms with Gasteiger partial charge in [0.1, 0.15) is 12.4 Å². The SMILES string of the molecule is COCC(NC(=O)Nc1cc(N)c(C(=N)OCc2ccccc2)cn1)c1ccccc1. The number of carbonyl (C=O) groups excluding carboxylic acids is 1. The summed E-state index contributed by atoms with van der Waals surface area (Å²) in [6, 6.07) is 19.8. The molecule has 160 valence electrons. The maximum absolute atomic E-state index is 12.4. The molecule has 0 saturated heterocycles. The van der Waals surface area contributed by atoms with Crippen LogP contribution in [0.4, 0.5) is 16.3 Å². The van der Waals surface area contributed by atoms with Crippen LogP contribution < -0.4 is 16.4 Å². The Labute approximate surface area is 180 Å². The minimum atomic E-state index is -0.444. The standard InChI is InChI=1S/C23H25N5O3/c1-30-15-20(17-10-6-3-7-11-17)27-23(29)28-21-12-19(24)18(13-26-21)22(25)31-14-16-8-4-2-5-9-16/h2-13,20,25H,14-15H2,1H3,(H4,24,26,27,28,29). The number of rotatable bonds is 8. The lowest BCUT2D eigenvalue weighted by Crippen LogP contribution is -2.35. The molecule has 1 atom stereocenters. The summed E-state index contributed by atoms with van der Waals surface area (Å²) in [7, 11) is 1.57. The molecule has 8 nitrogen and oxygen atoms in total. The molecule has 0 radical (unpaired) electrons. The van der Waals surface area contributed by atoms with Gasteiger partial charge in [0.05, 0.1) is 18.2 Å². The van der Waals surface area contributed by atoms with Crippen LogP contribution in [0.15, 0.2) is 72.9 Å². The molecule has 2 aromatic carbocycles. The van der Waals surface area contributed by atoms with Gasteiger partial charge in [-0.1, -0.05) is 60.7 Å². The highest BCUT2D eigenvalue weighted by Crippen LogP contribution is 2.18. The van der Waals surface area contributed by atoms with Gasteiger partial charge < -0.3 is 20.5 Å². The number of hydrogen-bond donors (Lipinski definition) is 4. The summed E-state index contributed by atoms with van der Waals surface area (Å²) in [6.45, 7) is 0.573. The van der Waals surface area contributed by atoms with Gasteiger partial charge in [-0.05, 0) is 11.1 Å². The van der Waals surface area contributed by atoms with Crippen molar-refractivity contribution in [1.29, 1.82) is 5.41 Å². The molecule has 0 spiro atoms. The maximum Gasteiger partial charge on any atom is 0.320 e. The van der Waals surface area contributed by atoms with Gasteiger partial charge in [-0.2, -0.15) is 0 Å². The number of aromatic nitrogens is 1. The fraction of sp³-hybridized carbons (Fsp3) is 0.174. The Kier molecular flexibility index (Phi) is 7.56. The summed E-state index contributed by atoms with van der Waals surface area (Å²) in [5, 5.41) is 13.6. The number of urea groups is 1. The fourth-order valence-corrected chi connectivity index (χ4v) is 2.92. The van der Waals surface area contributed by atoms with E-state index in [1.54, 1.807) is 7.11 Å². The number of pyridine rings is 1. The molecule has 1 unspecified atom stereocenters. The molecule has 31 heavy (non-hydrogen) atoms. The summed E-state index contributed by atoms with van der Waals surface area (Å²) < 4.78 is 10.7. The quantitative estimate of drug-likeness (QED) is 0.327. The van der Waals surface area contributed by atoms with Crippen LogP contribution in [-0.4, -0.2) is 30.6 Å². The zero-order valence-corrected chi connectivity index (χ0v) is 17.2. The van der Waals surface area contributed by atoms with Gasteiger partial charge in [0.15, 0.2) is 0 Å². The number of nitrogens with zero attached hydrogens (tertiary/aromatic N) is 1. The van der Waals surface area contributed by atoms with Crippen LogP contribution in [-0.2, 0) is 16.1 Å². The molecular formula is C23H25N5O3. The number of benzene rings is 2. The number of nitrogen functional groups attached to an aromatic ring is 1. The molecule has 0 bridgehead atoms. The van der Waals surface area contributed by atoms with E-state index < -0.39 is 6.03 Å². The lowest BCUT2D eigenvalue weighted by molar-refractivity contribution is 0.168. The second-order valence-electron chi connectivity index (χ2n) is 6.78. The number of carbonyl (C=O) groups is 1. The van der Waals surface area contributed by atoms with Gasteiger partial charge in [0.2, 0.25) is 5.90 Å². The number of nitrogens with two attached hydrogens (primary N) is 1. The van der Waals surface area contributed by atoms with Gasteiger partial charge in [0.25, 0.3) is 0 Å². The van der Waals surface area contributed by atoms with Crippen LogP contribution in [0.5, 0.6) is 0 Å². The Bertz CT molecular complexity index is 1010. The molecule has 3 rings (SSSR count). The molecule has 0 saturated carbocycles. The van der Waals surface area contributed by atoms with E-state index in [1.165, 1.54) is 12.3 Å². The van der Waals surface area contributed by atoms with E-state index in [0.717, 1.165) is 11.1 Å². The normalized spacial score (nSPS) is 11.4. The first kappa shape index (κ1) is 21.8. The topological polar surface area (TPSA) is 122 Å². The number of nitrogens with one attached hydrogen (secondary N) is 3. The molecule has 0 fully saturated rings. The van der Waals surface area contributed by atoms with Crippen LogP contribution in [0, 0.1) is 5.41 Å². The third kappa shape index (κ3) is 6.28. The second-order valence-corrected chi connectivity index (χ2v) is 6.78. The van der Waals surface area contributed by atoms with Crippen molar-refractivity contribution in [2.45, 2.75) is 12.6 Å². The molecule has 0 aliphatic rings. The average Bonchev–Trinajstić information content (AvgIpc) is 2.78. The second kappa shape index (κ2) is 10.7. The highest BCUT2D eigenvalue weighted by atomic mass is 16.5. The van der Waals surface area contributed by atoms with E-state index in [2.05, 4.69) is 15.6 Å². The van der Waals surface area contributed by atoms with Crippen LogP contribution in [0.1, 0.15) is 22.7 Å². The predicted octanol–water partition coefficient (Wildman–Crippen LogP) is 3.72. The van der Waals surface area contributed by atoms with Gasteiger partial charge in [-0.3, -0.25) is 10.7 Å². The first-order chi connectivity index (χ1) is 15.1. The Morgan fingerprint density at radius 3 is 2.45 bits per heavy atom. The fourth-order valence-electron chi connectivity index (χ4n) is 2.92. The number of methoxy groups -OCH3 is 1. The summed E-state index contributed by atoms with van der Waals surface area (Å²) in [6.07, 6.45) is 1.40. The van der Waals surface area contributed by atoms with Gasteiger partial charge in [-0.25, -0.2) is 9.78 Å². The third-order valence-corrected chi connectivity index (χ3v) is 4.49. The Balaban J connectivity index is 1.60. The Morgan fingerprint density at radius 1 is 1.13 bits per heavy atom. The first-order valence-electron chi connectivity index (χ1n) is 9.69. The monoisotopic (exact) mass is 419 g/mol. The highest BCUT2D eigenvalue weighted by Gasteiger charge is 2.16. The van der Waals surface area contributed by atoms with Crippen LogP contribution >= 0.6 is 0 Å². The number of anilines is 2. The highest BCUT2D eigenvalue weighted by molar-refractivity contribution is 5.97. The van der Waals surface area contributed by atoms with Crippen molar-refractivity contribution in [3.8, 4) is 0 Å². The number of hydrogen-bond acceptors (Lipinski definition) is 6. The number of ether oxygens (including phenoxy) is 2. The zero-order chi connectivity index (χ0) is 22.1. The predicted molar refractivity (Wildman–Crippen MR) is 120 cm³/mol. The molecule has 1 aromatic heterocycles. The third-order valence-electron chi connectivity index (χ3n) is 4.49. The first-order valence-corrected chi connectivity index (χ1v) is 9.69. The Hall–Kier alpha value is -3.91. The van der Waals surface area contributed by atoms with Crippen LogP contribution in [0.25, 0.3) is 0 Å². The number of amides is 2. The van der Waals surface area contributed by atoms with Gasteiger partial charge >= 0.3 is 6.03 Å². The van der Waals surface area contributed by atoms with Crippen molar-refractivity contribution < 1.29 is 14.3 Å². The lowest BCUT2D eigenvalue weighted by atomic mass is 10.1. The molecule has 2 amide bonds. The van der Waals surface area contributed by atoms with Crippen molar-refractivity contribution >= 4 is 23.4 Å². The summed E-state index contributed by atoms with van der Waals surface area (Å²) >= 11 is 0. The van der Waals surface area contributed by atoms with Crippen molar-refractivity contribution in [2.24, 2.45) is 0 Å². The van der Waals surface area contributed by atoms with E-state index in [0.29, 0.717) is 12.2 Å². The molecule has 3 aromatic rings. The molecule has 5 N–H and O–H groups in total. The summed E-state index contributed by atoms with van der Waals surface area (Å²) in [5.41, 5.74) is 8.55. The van der Waals surface area contributed by atoms with Crippen LogP contribution in [0.2, 0.25) is 0 Å². The van der Waals surface area contributed by atoms with E-state index in [1.807, 2.05) is 60.7 Å². The van der Waals surface area contributed by atoms with E-state index in [-0.39, 0.29) is 30.1 Å². The molecule has 0 aliphatic carbocycles. The lowest BCUT2D eigenvalue weighted by Gasteiger charge is -2.19. The minimum absolute atomic E-state index is 0.0888. The van der Waals surface area contributed by atoms with Gasteiger partial charge in [-0.15, -0.1) is 0 Å². The maximum atomic E-state index is 12.4. The van der Waals surface area contributed by atoms with Crippen molar-refractivity contribution in [1.82, 2.24) is 10.3 Å². The smallest absolute Gasteiger partial charge is 0.320 e. The Morgan fingerprint density at radius 2 is 1.81 bits per heavy atom. The summed E-state index contributed by atoms with van der Waals surface area (Å²) in [4.78, 5) is 16.6. The van der Waals surface area contributed by atoms with Gasteiger partial charge in [0, 0.05) is 25.1 Å². The van der Waals surface area contributed by atoms with E-state index >= 15 is 0 Å². The van der Waals surface area contributed by atoms with Crippen molar-refractivity contribution in [3.63, 3.8) is 0 Å². The molecule has 1 heterocycles. The van der Waals surface area contributed by atoms with Crippen molar-refractivity contribution in [3.05, 3.63) is 89.6 Å². The largest absolute Gasteiger partial charge is 0.473 e. The molecule has 0 aliphatic heterocycles. The molecule has 8 heteroatoms. The average molecular weight is 419 g/mol. The van der Waals surface area contributed by atoms with E-state index in [9.17, 15) is 4.79 Å². The summed E-state index contributed by atoms with van der Waals surface area (Å²) in [5.74, 6) is 0.174. The van der Waals surface area contributed by atoms with Crippen LogP contribution in [0.3, 0.4) is 0 Å². The zero-order valence-electron chi connectivity index (χ0n) is 17.2. The molecular weight excluding hydrogens is 394 g/mol. The minimum Gasteiger partial charge on any atom is -0.473 e.